The third kappa shape index (κ3) is 3.26. The van der Waals surface area contributed by atoms with E-state index in [0.717, 1.165) is 31.5 Å². The summed E-state index contributed by atoms with van der Waals surface area (Å²) in [5, 5.41) is 20.0. The fraction of sp³-hybridized carbons (Fsp3) is 0.500. The molecule has 17 heavy (non-hydrogen) atoms. The van der Waals surface area contributed by atoms with Gasteiger partial charge in [-0.2, -0.15) is 0 Å². The summed E-state index contributed by atoms with van der Waals surface area (Å²) < 4.78 is 0. The van der Waals surface area contributed by atoms with Gasteiger partial charge >= 0.3 is 0 Å². The molecule has 0 atom stereocenters. The lowest BCUT2D eigenvalue weighted by atomic mass is 10.1. The Morgan fingerprint density at radius 3 is 2.41 bits per heavy atom. The van der Waals surface area contributed by atoms with Gasteiger partial charge in [-0.15, -0.1) is 0 Å². The summed E-state index contributed by atoms with van der Waals surface area (Å²) in [6.45, 7) is 2.30. The fourth-order valence-electron chi connectivity index (χ4n) is 2.02. The van der Waals surface area contributed by atoms with Crippen LogP contribution in [0, 0.1) is 0 Å². The Hall–Kier alpha value is -0.480. The van der Waals surface area contributed by atoms with Crippen LogP contribution >= 0.6 is 23.2 Å². The van der Waals surface area contributed by atoms with Crippen molar-refractivity contribution in [3.63, 3.8) is 0 Å². The molecule has 0 radical (unpaired) electrons. The zero-order valence-corrected chi connectivity index (χ0v) is 10.9. The van der Waals surface area contributed by atoms with Crippen LogP contribution in [0.5, 0.6) is 5.75 Å². The van der Waals surface area contributed by atoms with Crippen LogP contribution in [0.4, 0.5) is 0 Å². The minimum atomic E-state index is -0.186. The van der Waals surface area contributed by atoms with Crippen molar-refractivity contribution in [2.75, 3.05) is 13.1 Å². The number of piperidine rings is 1. The van der Waals surface area contributed by atoms with Crippen molar-refractivity contribution < 1.29 is 10.2 Å². The predicted molar refractivity (Wildman–Crippen MR) is 68.6 cm³/mol. The molecule has 1 saturated heterocycles. The number of hydrogen-bond acceptors (Lipinski definition) is 3. The Kier molecular flexibility index (Phi) is 4.15. The first kappa shape index (κ1) is 13.0. The molecule has 0 amide bonds. The van der Waals surface area contributed by atoms with Crippen molar-refractivity contribution in [2.45, 2.75) is 25.5 Å². The van der Waals surface area contributed by atoms with Crippen molar-refractivity contribution in [2.24, 2.45) is 0 Å². The maximum atomic E-state index is 9.78. The second-order valence-corrected chi connectivity index (χ2v) is 5.22. The summed E-state index contributed by atoms with van der Waals surface area (Å²) >= 11 is 11.7. The van der Waals surface area contributed by atoms with Gasteiger partial charge in [-0.25, -0.2) is 0 Å². The molecule has 0 unspecified atom stereocenters. The van der Waals surface area contributed by atoms with E-state index < -0.39 is 0 Å². The lowest BCUT2D eigenvalue weighted by Gasteiger charge is -2.29. The molecule has 0 spiro atoms. The van der Waals surface area contributed by atoms with Crippen LogP contribution in [0.15, 0.2) is 12.1 Å². The Bertz CT molecular complexity index is 404. The molecule has 0 bridgehead atoms. The minimum absolute atomic E-state index is 0.172. The maximum Gasteiger partial charge on any atom is 0.121 e. The molecule has 1 aromatic carbocycles. The lowest BCUT2D eigenvalue weighted by molar-refractivity contribution is 0.0789. The molecule has 5 heteroatoms. The van der Waals surface area contributed by atoms with Crippen LogP contribution in [-0.4, -0.2) is 34.3 Å². The monoisotopic (exact) mass is 275 g/mol. The number of phenols is 1. The van der Waals surface area contributed by atoms with E-state index in [2.05, 4.69) is 4.90 Å². The highest BCUT2D eigenvalue weighted by atomic mass is 35.5. The number of likely N-dealkylation sites (tertiary alicyclic amines) is 1. The SMILES string of the molecule is Oc1cc(Cl)c(Cl)cc1CN1CCC(O)CC1. The van der Waals surface area contributed by atoms with Gasteiger partial charge < -0.3 is 10.2 Å². The number of phenolic OH excluding ortho intramolecular Hbond substituents is 1. The highest BCUT2D eigenvalue weighted by molar-refractivity contribution is 6.42. The molecule has 0 saturated carbocycles. The number of aliphatic hydroxyl groups excluding tert-OH is 1. The molecule has 1 aliphatic heterocycles. The van der Waals surface area contributed by atoms with Gasteiger partial charge in [-0.05, 0) is 18.9 Å². The van der Waals surface area contributed by atoms with Crippen molar-refractivity contribution >= 4 is 23.2 Å². The van der Waals surface area contributed by atoms with Gasteiger partial charge in [0.15, 0.2) is 0 Å². The topological polar surface area (TPSA) is 43.7 Å². The second kappa shape index (κ2) is 5.44. The summed E-state index contributed by atoms with van der Waals surface area (Å²) in [6.07, 6.45) is 1.37. The van der Waals surface area contributed by atoms with E-state index >= 15 is 0 Å². The Morgan fingerprint density at radius 1 is 1.18 bits per heavy atom. The van der Waals surface area contributed by atoms with Crippen LogP contribution < -0.4 is 0 Å². The molecule has 1 fully saturated rings. The Morgan fingerprint density at radius 2 is 1.76 bits per heavy atom. The summed E-state index contributed by atoms with van der Waals surface area (Å²) in [4.78, 5) is 2.19. The van der Waals surface area contributed by atoms with Crippen molar-refractivity contribution in [1.82, 2.24) is 4.90 Å². The van der Waals surface area contributed by atoms with E-state index in [-0.39, 0.29) is 11.9 Å². The van der Waals surface area contributed by atoms with E-state index in [1.54, 1.807) is 6.07 Å². The van der Waals surface area contributed by atoms with Crippen LogP contribution in [0.2, 0.25) is 10.0 Å². The number of benzene rings is 1. The highest BCUT2D eigenvalue weighted by Crippen LogP contribution is 2.31. The standard InChI is InChI=1S/C12H15Cl2NO2/c13-10-5-8(12(17)6-11(10)14)7-15-3-1-9(16)2-4-15/h5-6,9,16-17H,1-4,7H2. The first-order valence-corrected chi connectivity index (χ1v) is 6.39. The molecular formula is C12H15Cl2NO2. The lowest BCUT2D eigenvalue weighted by Crippen LogP contribution is -2.35. The van der Waals surface area contributed by atoms with Crippen molar-refractivity contribution in [3.8, 4) is 5.75 Å². The largest absolute Gasteiger partial charge is 0.508 e. The van der Waals surface area contributed by atoms with E-state index in [4.69, 9.17) is 23.2 Å². The van der Waals surface area contributed by atoms with Gasteiger partial charge in [-0.3, -0.25) is 4.90 Å². The smallest absolute Gasteiger partial charge is 0.121 e. The van der Waals surface area contributed by atoms with Gasteiger partial charge in [0.25, 0.3) is 0 Å². The van der Waals surface area contributed by atoms with E-state index in [1.165, 1.54) is 6.07 Å². The van der Waals surface area contributed by atoms with Crippen molar-refractivity contribution in [1.29, 1.82) is 0 Å². The summed E-state index contributed by atoms with van der Waals surface area (Å²) in [5.41, 5.74) is 0.774. The maximum absolute atomic E-state index is 9.78. The molecule has 2 N–H and O–H groups in total. The average Bonchev–Trinajstić information content (AvgIpc) is 2.29. The van der Waals surface area contributed by atoms with E-state index in [1.807, 2.05) is 0 Å². The first-order valence-electron chi connectivity index (χ1n) is 5.63. The van der Waals surface area contributed by atoms with Crippen LogP contribution in [0.25, 0.3) is 0 Å². The van der Waals surface area contributed by atoms with Gasteiger partial charge in [0.1, 0.15) is 5.75 Å². The molecule has 2 rings (SSSR count). The van der Waals surface area contributed by atoms with Crippen LogP contribution in [0.1, 0.15) is 18.4 Å². The summed E-state index contributed by atoms with van der Waals surface area (Å²) in [6, 6.07) is 3.17. The number of nitrogens with zero attached hydrogens (tertiary/aromatic N) is 1. The molecule has 1 aromatic rings. The number of aliphatic hydroxyl groups is 1. The fourth-order valence-corrected chi connectivity index (χ4v) is 2.37. The third-order valence-corrected chi connectivity index (χ3v) is 3.79. The van der Waals surface area contributed by atoms with Gasteiger partial charge in [-0.1, -0.05) is 23.2 Å². The quantitative estimate of drug-likeness (QED) is 0.872. The van der Waals surface area contributed by atoms with Gasteiger partial charge in [0, 0.05) is 31.3 Å². The molecule has 94 valence electrons. The number of halogens is 2. The van der Waals surface area contributed by atoms with Gasteiger partial charge in [0.05, 0.1) is 16.1 Å². The molecule has 0 aliphatic carbocycles. The number of hydrogen-bond donors (Lipinski definition) is 2. The summed E-state index contributed by atoms with van der Waals surface area (Å²) in [7, 11) is 0. The average molecular weight is 276 g/mol. The summed E-state index contributed by atoms with van der Waals surface area (Å²) in [5.74, 6) is 0.172. The first-order chi connectivity index (χ1) is 8.06. The van der Waals surface area contributed by atoms with Crippen LogP contribution in [-0.2, 0) is 6.54 Å². The molecule has 1 aliphatic rings. The second-order valence-electron chi connectivity index (χ2n) is 4.40. The highest BCUT2D eigenvalue weighted by Gasteiger charge is 2.18. The zero-order valence-electron chi connectivity index (χ0n) is 9.37. The number of aromatic hydroxyl groups is 1. The Balaban J connectivity index is 2.06. The predicted octanol–water partition coefficient (Wildman–Crippen LogP) is 2.66. The zero-order chi connectivity index (χ0) is 12.4. The molecule has 1 heterocycles. The Labute approximate surface area is 111 Å². The van der Waals surface area contributed by atoms with Crippen molar-refractivity contribution in [3.05, 3.63) is 27.7 Å². The molecular weight excluding hydrogens is 261 g/mol. The third-order valence-electron chi connectivity index (χ3n) is 3.07. The minimum Gasteiger partial charge on any atom is -0.508 e. The van der Waals surface area contributed by atoms with Crippen LogP contribution in [0.3, 0.4) is 0 Å². The number of rotatable bonds is 2. The normalized spacial score (nSPS) is 18.5. The van der Waals surface area contributed by atoms with E-state index in [0.29, 0.717) is 16.6 Å². The van der Waals surface area contributed by atoms with E-state index in [9.17, 15) is 10.2 Å². The van der Waals surface area contributed by atoms with Gasteiger partial charge in [0.2, 0.25) is 0 Å². The molecule has 0 aromatic heterocycles. The molecule has 3 nitrogen and oxygen atoms in total.